The van der Waals surface area contributed by atoms with Gasteiger partial charge >= 0.3 is 0 Å². The normalized spacial score (nSPS) is 17.5. The summed E-state index contributed by atoms with van der Waals surface area (Å²) in [6.07, 6.45) is 2.51. The zero-order valence-corrected chi connectivity index (χ0v) is 14.9. The van der Waals surface area contributed by atoms with Crippen LogP contribution in [0.3, 0.4) is 0 Å². The van der Waals surface area contributed by atoms with Crippen molar-refractivity contribution in [1.29, 1.82) is 0 Å². The Morgan fingerprint density at radius 1 is 1.23 bits per heavy atom. The lowest BCUT2D eigenvalue weighted by molar-refractivity contribution is 0.0771. The predicted octanol–water partition coefficient (Wildman–Crippen LogP) is 3.90. The standard InChI is InChI=1S/C16H14Br2N2O2/c17-12-3-1-2-11(8-12)16(21)20-7-6-14(10-20)22-15-5-4-13(18)9-19-15/h1-5,8-9,14H,6-7,10H2. The summed E-state index contributed by atoms with van der Waals surface area (Å²) >= 11 is 6.74. The van der Waals surface area contributed by atoms with Crippen LogP contribution in [0.1, 0.15) is 16.8 Å². The molecule has 1 aliphatic rings. The number of carbonyl (C=O) groups excluding carboxylic acids is 1. The monoisotopic (exact) mass is 424 g/mol. The molecule has 114 valence electrons. The lowest BCUT2D eigenvalue weighted by Gasteiger charge is -2.17. The van der Waals surface area contributed by atoms with Crippen molar-refractivity contribution in [3.63, 3.8) is 0 Å². The fourth-order valence-corrected chi connectivity index (χ4v) is 3.05. The molecule has 1 aliphatic heterocycles. The van der Waals surface area contributed by atoms with Crippen LogP contribution in [0.15, 0.2) is 51.5 Å². The SMILES string of the molecule is O=C(c1cccc(Br)c1)N1CCC(Oc2ccc(Br)cn2)C1. The number of nitrogens with zero attached hydrogens (tertiary/aromatic N) is 2. The molecule has 1 amide bonds. The maximum Gasteiger partial charge on any atom is 0.254 e. The summed E-state index contributed by atoms with van der Waals surface area (Å²) in [6, 6.07) is 11.2. The minimum Gasteiger partial charge on any atom is -0.472 e. The molecular weight excluding hydrogens is 412 g/mol. The highest BCUT2D eigenvalue weighted by Crippen LogP contribution is 2.21. The summed E-state index contributed by atoms with van der Waals surface area (Å²) in [6.45, 7) is 1.29. The van der Waals surface area contributed by atoms with Gasteiger partial charge in [0.15, 0.2) is 0 Å². The third kappa shape index (κ3) is 3.67. The lowest BCUT2D eigenvalue weighted by atomic mass is 10.2. The van der Waals surface area contributed by atoms with E-state index in [4.69, 9.17) is 4.74 Å². The fourth-order valence-electron chi connectivity index (χ4n) is 2.42. The Labute approximate surface area is 145 Å². The number of carbonyl (C=O) groups is 1. The second-order valence-corrected chi connectivity index (χ2v) is 6.94. The third-order valence-electron chi connectivity index (χ3n) is 3.49. The third-order valence-corrected chi connectivity index (χ3v) is 4.45. The van der Waals surface area contributed by atoms with Gasteiger partial charge < -0.3 is 9.64 Å². The molecule has 1 aromatic carbocycles. The van der Waals surface area contributed by atoms with Crippen molar-refractivity contribution in [1.82, 2.24) is 9.88 Å². The van der Waals surface area contributed by atoms with E-state index in [2.05, 4.69) is 36.8 Å². The topological polar surface area (TPSA) is 42.4 Å². The van der Waals surface area contributed by atoms with Crippen molar-refractivity contribution in [3.8, 4) is 5.88 Å². The van der Waals surface area contributed by atoms with E-state index in [0.29, 0.717) is 24.5 Å². The Morgan fingerprint density at radius 3 is 2.82 bits per heavy atom. The summed E-state index contributed by atoms with van der Waals surface area (Å²) < 4.78 is 7.66. The molecule has 3 rings (SSSR count). The average Bonchev–Trinajstić information content (AvgIpc) is 2.97. The van der Waals surface area contributed by atoms with Crippen LogP contribution in [0.5, 0.6) is 5.88 Å². The number of hydrogen-bond donors (Lipinski definition) is 0. The van der Waals surface area contributed by atoms with E-state index in [1.54, 1.807) is 6.20 Å². The highest BCUT2D eigenvalue weighted by Gasteiger charge is 2.28. The predicted molar refractivity (Wildman–Crippen MR) is 91.0 cm³/mol. The van der Waals surface area contributed by atoms with Gasteiger partial charge in [-0.2, -0.15) is 0 Å². The number of hydrogen-bond acceptors (Lipinski definition) is 3. The first-order valence-corrected chi connectivity index (χ1v) is 8.53. The van der Waals surface area contributed by atoms with E-state index >= 15 is 0 Å². The van der Waals surface area contributed by atoms with Crippen LogP contribution >= 0.6 is 31.9 Å². The lowest BCUT2D eigenvalue weighted by Crippen LogP contribution is -2.31. The van der Waals surface area contributed by atoms with Crippen molar-refractivity contribution < 1.29 is 9.53 Å². The molecule has 1 unspecified atom stereocenters. The van der Waals surface area contributed by atoms with Crippen LogP contribution in [0.4, 0.5) is 0 Å². The van der Waals surface area contributed by atoms with Crippen molar-refractivity contribution in [3.05, 3.63) is 57.1 Å². The number of amides is 1. The summed E-state index contributed by atoms with van der Waals surface area (Å²) in [5, 5.41) is 0. The van der Waals surface area contributed by atoms with E-state index in [1.807, 2.05) is 41.3 Å². The van der Waals surface area contributed by atoms with E-state index in [1.165, 1.54) is 0 Å². The summed E-state index contributed by atoms with van der Waals surface area (Å²) in [5.41, 5.74) is 0.691. The van der Waals surface area contributed by atoms with Crippen LogP contribution in [0.2, 0.25) is 0 Å². The Bertz CT molecular complexity index is 676. The molecule has 1 fully saturated rings. The molecular formula is C16H14Br2N2O2. The van der Waals surface area contributed by atoms with Gasteiger partial charge in [-0.3, -0.25) is 4.79 Å². The van der Waals surface area contributed by atoms with E-state index in [9.17, 15) is 4.79 Å². The zero-order chi connectivity index (χ0) is 15.5. The van der Waals surface area contributed by atoms with Crippen LogP contribution in [-0.2, 0) is 0 Å². The molecule has 22 heavy (non-hydrogen) atoms. The number of likely N-dealkylation sites (tertiary alicyclic amines) is 1. The minimum absolute atomic E-state index is 0.00946. The highest BCUT2D eigenvalue weighted by atomic mass is 79.9. The first-order valence-electron chi connectivity index (χ1n) is 6.95. The number of aromatic nitrogens is 1. The van der Waals surface area contributed by atoms with Crippen LogP contribution in [0.25, 0.3) is 0 Å². The molecule has 6 heteroatoms. The van der Waals surface area contributed by atoms with Crippen molar-refractivity contribution >= 4 is 37.8 Å². The summed E-state index contributed by atoms with van der Waals surface area (Å²) in [7, 11) is 0. The van der Waals surface area contributed by atoms with Gasteiger partial charge in [0.05, 0.1) is 6.54 Å². The van der Waals surface area contributed by atoms with Gasteiger partial charge in [-0.05, 0) is 40.2 Å². The summed E-state index contributed by atoms with van der Waals surface area (Å²) in [5.74, 6) is 0.626. The first kappa shape index (κ1) is 15.5. The fraction of sp³-hybridized carbons (Fsp3) is 0.250. The molecule has 2 aromatic rings. The maximum absolute atomic E-state index is 12.5. The number of rotatable bonds is 3. The van der Waals surface area contributed by atoms with E-state index in [0.717, 1.165) is 15.4 Å². The second kappa shape index (κ2) is 6.79. The van der Waals surface area contributed by atoms with Gasteiger partial charge in [0.1, 0.15) is 6.10 Å². The van der Waals surface area contributed by atoms with Crippen molar-refractivity contribution in [2.24, 2.45) is 0 Å². The van der Waals surface area contributed by atoms with Gasteiger partial charge in [0, 0.05) is 39.7 Å². The van der Waals surface area contributed by atoms with Crippen LogP contribution in [0, 0.1) is 0 Å². The number of pyridine rings is 1. The molecule has 0 radical (unpaired) electrons. The Hall–Kier alpha value is -1.40. The number of halogens is 2. The minimum atomic E-state index is -0.00946. The maximum atomic E-state index is 12.5. The molecule has 0 aliphatic carbocycles. The molecule has 1 saturated heterocycles. The van der Waals surface area contributed by atoms with Gasteiger partial charge in [-0.15, -0.1) is 0 Å². The molecule has 4 nitrogen and oxygen atoms in total. The number of benzene rings is 1. The number of ether oxygens (including phenoxy) is 1. The largest absolute Gasteiger partial charge is 0.472 e. The molecule has 1 atom stereocenters. The van der Waals surface area contributed by atoms with Gasteiger partial charge in [0.2, 0.25) is 5.88 Å². The van der Waals surface area contributed by atoms with Crippen molar-refractivity contribution in [2.45, 2.75) is 12.5 Å². The van der Waals surface area contributed by atoms with Gasteiger partial charge in [-0.1, -0.05) is 22.0 Å². The Kier molecular flexibility index (Phi) is 4.78. The van der Waals surface area contributed by atoms with Crippen LogP contribution in [-0.4, -0.2) is 35.0 Å². The molecule has 1 aromatic heterocycles. The Morgan fingerprint density at radius 2 is 2.09 bits per heavy atom. The molecule has 0 spiro atoms. The van der Waals surface area contributed by atoms with E-state index in [-0.39, 0.29) is 12.0 Å². The molecule has 0 N–H and O–H groups in total. The van der Waals surface area contributed by atoms with Crippen molar-refractivity contribution in [2.75, 3.05) is 13.1 Å². The molecule has 0 bridgehead atoms. The summed E-state index contributed by atoms with van der Waals surface area (Å²) in [4.78, 5) is 18.5. The molecule has 2 heterocycles. The highest BCUT2D eigenvalue weighted by molar-refractivity contribution is 9.10. The second-order valence-electron chi connectivity index (χ2n) is 5.10. The first-order chi connectivity index (χ1) is 10.6. The van der Waals surface area contributed by atoms with E-state index < -0.39 is 0 Å². The molecule has 0 saturated carbocycles. The average molecular weight is 426 g/mol. The quantitative estimate of drug-likeness (QED) is 0.748. The van der Waals surface area contributed by atoms with Crippen LogP contribution < -0.4 is 4.74 Å². The Balaban J connectivity index is 1.62. The van der Waals surface area contributed by atoms with Gasteiger partial charge in [0.25, 0.3) is 5.91 Å². The van der Waals surface area contributed by atoms with Gasteiger partial charge in [-0.25, -0.2) is 4.98 Å². The zero-order valence-electron chi connectivity index (χ0n) is 11.7. The smallest absolute Gasteiger partial charge is 0.254 e.